The number of rotatable bonds is 7. The van der Waals surface area contributed by atoms with Crippen LogP contribution < -0.4 is 0 Å². The Hall–Kier alpha value is -1.85. The highest BCUT2D eigenvalue weighted by molar-refractivity contribution is 8.14. The van der Waals surface area contributed by atoms with Crippen molar-refractivity contribution in [3.8, 4) is 0 Å². The van der Waals surface area contributed by atoms with Crippen molar-refractivity contribution in [2.75, 3.05) is 0 Å². The third kappa shape index (κ3) is 6.04. The first-order chi connectivity index (χ1) is 10.9. The average molecular weight is 353 g/mol. The molecule has 0 aliphatic heterocycles. The third-order valence-electron chi connectivity index (χ3n) is 3.34. The monoisotopic (exact) mass is 352 g/mol. The predicted molar refractivity (Wildman–Crippen MR) is 89.6 cm³/mol. The molecule has 0 aliphatic rings. The summed E-state index contributed by atoms with van der Waals surface area (Å²) in [6.45, 7) is 0.111. The van der Waals surface area contributed by atoms with Crippen molar-refractivity contribution in [3.63, 3.8) is 0 Å². The highest BCUT2D eigenvalue weighted by Gasteiger charge is 2.27. The molecule has 0 bridgehead atoms. The molecule has 0 aromatic heterocycles. The molecule has 0 saturated heterocycles. The molecule has 1 atom stereocenters. The van der Waals surface area contributed by atoms with Gasteiger partial charge in [-0.1, -0.05) is 60.7 Å². The molecule has 1 unspecified atom stereocenters. The molecule has 23 heavy (non-hydrogen) atoms. The summed E-state index contributed by atoms with van der Waals surface area (Å²) in [5.74, 6) is -0.584. The van der Waals surface area contributed by atoms with E-state index in [0.717, 1.165) is 11.1 Å². The maximum absolute atomic E-state index is 11.9. The van der Waals surface area contributed by atoms with Crippen LogP contribution in [-0.4, -0.2) is 19.6 Å². The van der Waals surface area contributed by atoms with Crippen LogP contribution in [0.2, 0.25) is 0 Å². The maximum atomic E-state index is 11.9. The molecular formula is C17H17ClO4S. The highest BCUT2D eigenvalue weighted by Crippen LogP contribution is 2.18. The molecule has 0 radical (unpaired) electrons. The van der Waals surface area contributed by atoms with Gasteiger partial charge < -0.3 is 4.74 Å². The minimum Gasteiger partial charge on any atom is -0.461 e. The molecule has 2 aromatic rings. The topological polar surface area (TPSA) is 60.4 Å². The lowest BCUT2D eigenvalue weighted by Crippen LogP contribution is -2.24. The smallest absolute Gasteiger partial charge is 0.307 e. The maximum Gasteiger partial charge on any atom is 0.307 e. The molecule has 0 saturated carbocycles. The van der Waals surface area contributed by atoms with Gasteiger partial charge in [0.25, 0.3) is 0 Å². The summed E-state index contributed by atoms with van der Waals surface area (Å²) in [5.41, 5.74) is 1.65. The molecule has 0 spiro atoms. The summed E-state index contributed by atoms with van der Waals surface area (Å²) in [7, 11) is 1.61. The van der Waals surface area contributed by atoms with E-state index < -0.39 is 20.3 Å². The van der Waals surface area contributed by atoms with E-state index >= 15 is 0 Å². The van der Waals surface area contributed by atoms with E-state index in [1.165, 1.54) is 0 Å². The normalized spacial score (nSPS) is 12.6. The van der Waals surface area contributed by atoms with Crippen molar-refractivity contribution in [1.82, 2.24) is 0 Å². The Morgan fingerprint density at radius 1 is 0.957 bits per heavy atom. The minimum absolute atomic E-state index is 0.111. The number of benzene rings is 2. The number of esters is 1. The fourth-order valence-corrected chi connectivity index (χ4v) is 3.24. The zero-order chi connectivity index (χ0) is 16.7. The molecule has 0 fully saturated rings. The van der Waals surface area contributed by atoms with Crippen molar-refractivity contribution in [3.05, 3.63) is 71.8 Å². The van der Waals surface area contributed by atoms with E-state index in [2.05, 4.69) is 0 Å². The van der Waals surface area contributed by atoms with Gasteiger partial charge >= 0.3 is 5.97 Å². The molecule has 0 aliphatic carbocycles. The van der Waals surface area contributed by atoms with Crippen LogP contribution in [0.3, 0.4) is 0 Å². The number of ether oxygens (including phenoxy) is 1. The number of hydrogen-bond acceptors (Lipinski definition) is 4. The lowest BCUT2D eigenvalue weighted by molar-refractivity contribution is -0.144. The van der Waals surface area contributed by atoms with E-state index in [-0.39, 0.29) is 19.4 Å². The summed E-state index contributed by atoms with van der Waals surface area (Å²) >= 11 is 0. The number of halogens is 1. The van der Waals surface area contributed by atoms with Crippen LogP contribution in [0.5, 0.6) is 0 Å². The SMILES string of the molecule is O=C(CC(Cc1ccccc1)S(=O)(=O)Cl)OCc1ccccc1. The second-order valence-electron chi connectivity index (χ2n) is 5.14. The van der Waals surface area contributed by atoms with Crippen LogP contribution in [0, 0.1) is 0 Å². The second-order valence-corrected chi connectivity index (χ2v) is 8.05. The Morgan fingerprint density at radius 2 is 1.48 bits per heavy atom. The Morgan fingerprint density at radius 3 is 2.00 bits per heavy atom. The molecule has 6 heteroatoms. The standard InChI is InChI=1S/C17H17ClO4S/c18-23(20,21)16(11-14-7-3-1-4-8-14)12-17(19)22-13-15-9-5-2-6-10-15/h1-10,16H,11-13H2. The quantitative estimate of drug-likeness (QED) is 0.566. The van der Waals surface area contributed by atoms with Gasteiger partial charge in [0.15, 0.2) is 0 Å². The van der Waals surface area contributed by atoms with Gasteiger partial charge in [-0.15, -0.1) is 0 Å². The molecule has 2 aromatic carbocycles. The number of hydrogen-bond donors (Lipinski definition) is 0. The zero-order valence-corrected chi connectivity index (χ0v) is 14.0. The van der Waals surface area contributed by atoms with Gasteiger partial charge in [-0.05, 0) is 17.5 Å². The second kappa shape index (κ2) is 8.13. The Labute approximate surface area is 140 Å². The van der Waals surface area contributed by atoms with Crippen molar-refractivity contribution < 1.29 is 17.9 Å². The Bertz CT molecular complexity index is 730. The van der Waals surface area contributed by atoms with Gasteiger partial charge in [0.05, 0.1) is 11.7 Å². The summed E-state index contributed by atoms with van der Waals surface area (Å²) in [6.07, 6.45) is -0.0966. The number of carbonyl (C=O) groups excluding carboxylic acids is 1. The summed E-state index contributed by atoms with van der Waals surface area (Å²) < 4.78 is 28.5. The van der Waals surface area contributed by atoms with Crippen LogP contribution in [-0.2, 0) is 31.6 Å². The fraction of sp³-hybridized carbons (Fsp3) is 0.235. The predicted octanol–water partition coefficient (Wildman–Crippen LogP) is 3.30. The minimum atomic E-state index is -3.87. The molecule has 122 valence electrons. The fourth-order valence-electron chi connectivity index (χ4n) is 2.13. The van der Waals surface area contributed by atoms with Gasteiger partial charge in [-0.2, -0.15) is 0 Å². The summed E-state index contributed by atoms with van der Waals surface area (Å²) in [5, 5.41) is -1.00. The van der Waals surface area contributed by atoms with E-state index in [4.69, 9.17) is 15.4 Å². The first-order valence-corrected chi connectivity index (χ1v) is 9.49. The van der Waals surface area contributed by atoms with E-state index in [0.29, 0.717) is 0 Å². The van der Waals surface area contributed by atoms with Gasteiger partial charge in [-0.25, -0.2) is 8.42 Å². The first kappa shape index (κ1) is 17.5. The average Bonchev–Trinajstić information content (AvgIpc) is 2.53. The van der Waals surface area contributed by atoms with Gasteiger partial charge in [0.1, 0.15) is 6.61 Å². The first-order valence-electron chi connectivity index (χ1n) is 7.12. The van der Waals surface area contributed by atoms with Crippen LogP contribution in [0.1, 0.15) is 17.5 Å². The van der Waals surface area contributed by atoms with Crippen molar-refractivity contribution in [2.24, 2.45) is 0 Å². The van der Waals surface area contributed by atoms with Gasteiger partial charge in [0, 0.05) is 10.7 Å². The lowest BCUT2D eigenvalue weighted by atomic mass is 10.1. The Balaban J connectivity index is 1.96. The molecule has 0 amide bonds. The molecule has 2 rings (SSSR count). The summed E-state index contributed by atoms with van der Waals surface area (Å²) in [4.78, 5) is 11.9. The lowest BCUT2D eigenvalue weighted by Gasteiger charge is -2.13. The largest absolute Gasteiger partial charge is 0.461 e. The molecule has 4 nitrogen and oxygen atoms in total. The van der Waals surface area contributed by atoms with E-state index in [1.807, 2.05) is 36.4 Å². The van der Waals surface area contributed by atoms with Crippen LogP contribution in [0.25, 0.3) is 0 Å². The third-order valence-corrected chi connectivity index (χ3v) is 5.23. The number of carbonyl (C=O) groups is 1. The van der Waals surface area contributed by atoms with Crippen molar-refractivity contribution in [2.45, 2.75) is 24.7 Å². The molecule has 0 N–H and O–H groups in total. The van der Waals surface area contributed by atoms with Gasteiger partial charge in [-0.3, -0.25) is 4.79 Å². The van der Waals surface area contributed by atoms with Crippen LogP contribution in [0.15, 0.2) is 60.7 Å². The van der Waals surface area contributed by atoms with Crippen molar-refractivity contribution >= 4 is 25.7 Å². The van der Waals surface area contributed by atoms with Crippen LogP contribution >= 0.6 is 10.7 Å². The van der Waals surface area contributed by atoms with E-state index in [9.17, 15) is 13.2 Å². The Kier molecular flexibility index (Phi) is 6.19. The highest BCUT2D eigenvalue weighted by atomic mass is 35.7. The zero-order valence-electron chi connectivity index (χ0n) is 12.4. The van der Waals surface area contributed by atoms with Gasteiger partial charge in [0.2, 0.25) is 9.05 Å². The van der Waals surface area contributed by atoms with Crippen LogP contribution in [0.4, 0.5) is 0 Å². The summed E-state index contributed by atoms with van der Waals surface area (Å²) in [6, 6.07) is 18.2. The molecular weight excluding hydrogens is 336 g/mol. The molecule has 0 heterocycles. The van der Waals surface area contributed by atoms with E-state index in [1.54, 1.807) is 24.3 Å². The van der Waals surface area contributed by atoms with Crippen molar-refractivity contribution in [1.29, 1.82) is 0 Å².